The number of allylic oxidation sites excluding steroid dienone is 2. The predicted octanol–water partition coefficient (Wildman–Crippen LogP) is 3.30. The summed E-state index contributed by atoms with van der Waals surface area (Å²) in [6.45, 7) is 1.37. The van der Waals surface area contributed by atoms with Gasteiger partial charge in [0.15, 0.2) is 0 Å². The molecule has 1 heterocycles. The summed E-state index contributed by atoms with van der Waals surface area (Å²) in [4.78, 5) is 37.5. The van der Waals surface area contributed by atoms with Crippen LogP contribution in [0.1, 0.15) is 12.5 Å². The van der Waals surface area contributed by atoms with Gasteiger partial charge in [-0.2, -0.15) is 0 Å². The zero-order chi connectivity index (χ0) is 20.1. The fraction of sp³-hybridized carbons (Fsp3) is 0.0952. The SMILES string of the molecule is CC(/C=C1\NC(=O)N(CC(=O)Nc2ccc(F)cc2)C1=O)=C\c1ccccc1. The Bertz CT molecular complexity index is 966. The molecule has 0 aromatic heterocycles. The third-order valence-corrected chi connectivity index (χ3v) is 3.96. The molecule has 0 radical (unpaired) electrons. The van der Waals surface area contributed by atoms with Gasteiger partial charge in [0.25, 0.3) is 5.91 Å². The van der Waals surface area contributed by atoms with E-state index in [0.29, 0.717) is 5.69 Å². The highest BCUT2D eigenvalue weighted by Gasteiger charge is 2.34. The minimum atomic E-state index is -0.669. The van der Waals surface area contributed by atoms with Crippen LogP contribution in [-0.2, 0) is 9.59 Å². The summed E-state index contributed by atoms with van der Waals surface area (Å²) in [5.41, 5.74) is 2.21. The van der Waals surface area contributed by atoms with Crippen molar-refractivity contribution >= 4 is 29.6 Å². The predicted molar refractivity (Wildman–Crippen MR) is 103 cm³/mol. The van der Waals surface area contributed by atoms with Crippen LogP contribution in [0.5, 0.6) is 0 Å². The van der Waals surface area contributed by atoms with E-state index in [2.05, 4.69) is 10.6 Å². The fourth-order valence-corrected chi connectivity index (χ4v) is 2.67. The summed E-state index contributed by atoms with van der Waals surface area (Å²) in [7, 11) is 0. The van der Waals surface area contributed by atoms with Gasteiger partial charge in [-0.3, -0.25) is 9.59 Å². The van der Waals surface area contributed by atoms with E-state index in [1.54, 1.807) is 6.08 Å². The molecule has 6 nitrogen and oxygen atoms in total. The zero-order valence-electron chi connectivity index (χ0n) is 15.1. The Hall–Kier alpha value is -3.74. The minimum Gasteiger partial charge on any atom is -0.325 e. The van der Waals surface area contributed by atoms with Crippen LogP contribution in [-0.4, -0.2) is 29.3 Å². The number of hydrogen-bond donors (Lipinski definition) is 2. The number of rotatable bonds is 5. The first-order chi connectivity index (χ1) is 13.4. The highest BCUT2D eigenvalue weighted by molar-refractivity contribution is 6.14. The lowest BCUT2D eigenvalue weighted by Gasteiger charge is -2.11. The Morgan fingerprint density at radius 1 is 1.11 bits per heavy atom. The Balaban J connectivity index is 1.66. The van der Waals surface area contributed by atoms with Crippen molar-refractivity contribution in [2.24, 2.45) is 0 Å². The van der Waals surface area contributed by atoms with Crippen LogP contribution in [0.2, 0.25) is 0 Å². The Morgan fingerprint density at radius 3 is 2.46 bits per heavy atom. The second-order valence-corrected chi connectivity index (χ2v) is 6.23. The van der Waals surface area contributed by atoms with Gasteiger partial charge in [-0.15, -0.1) is 0 Å². The zero-order valence-corrected chi connectivity index (χ0v) is 15.1. The number of imide groups is 1. The van der Waals surface area contributed by atoms with Crippen molar-refractivity contribution in [3.63, 3.8) is 0 Å². The smallest absolute Gasteiger partial charge is 0.325 e. The number of hydrogen-bond acceptors (Lipinski definition) is 3. The third kappa shape index (κ3) is 4.70. The van der Waals surface area contributed by atoms with Gasteiger partial charge >= 0.3 is 6.03 Å². The third-order valence-electron chi connectivity index (χ3n) is 3.96. The fourth-order valence-electron chi connectivity index (χ4n) is 2.67. The van der Waals surface area contributed by atoms with Gasteiger partial charge < -0.3 is 10.6 Å². The maximum Gasteiger partial charge on any atom is 0.329 e. The summed E-state index contributed by atoms with van der Waals surface area (Å²) < 4.78 is 12.9. The molecule has 2 N–H and O–H groups in total. The van der Waals surface area contributed by atoms with E-state index in [1.807, 2.05) is 43.3 Å². The van der Waals surface area contributed by atoms with E-state index in [4.69, 9.17) is 0 Å². The van der Waals surface area contributed by atoms with Crippen LogP contribution in [0.15, 0.2) is 71.9 Å². The molecule has 2 aromatic rings. The molecule has 1 aliphatic rings. The van der Waals surface area contributed by atoms with Gasteiger partial charge in [0, 0.05) is 5.69 Å². The van der Waals surface area contributed by atoms with E-state index in [1.165, 1.54) is 24.3 Å². The number of anilines is 1. The maximum absolute atomic E-state index is 12.9. The van der Waals surface area contributed by atoms with Gasteiger partial charge in [-0.1, -0.05) is 36.4 Å². The summed E-state index contributed by atoms with van der Waals surface area (Å²) in [6.07, 6.45) is 3.43. The average Bonchev–Trinajstić information content (AvgIpc) is 2.91. The summed E-state index contributed by atoms with van der Waals surface area (Å²) in [5, 5.41) is 4.99. The van der Waals surface area contributed by atoms with Crippen molar-refractivity contribution in [2.45, 2.75) is 6.92 Å². The number of nitrogens with zero attached hydrogens (tertiary/aromatic N) is 1. The quantitative estimate of drug-likeness (QED) is 0.618. The molecule has 1 fully saturated rings. The largest absolute Gasteiger partial charge is 0.329 e. The van der Waals surface area contributed by atoms with Gasteiger partial charge in [0.2, 0.25) is 5.91 Å². The first-order valence-corrected chi connectivity index (χ1v) is 8.56. The number of carbonyl (C=O) groups excluding carboxylic acids is 3. The van der Waals surface area contributed by atoms with Crippen LogP contribution >= 0.6 is 0 Å². The molecule has 3 rings (SSSR count). The number of amides is 4. The van der Waals surface area contributed by atoms with E-state index >= 15 is 0 Å². The summed E-state index contributed by atoms with van der Waals surface area (Å²) >= 11 is 0. The molecule has 0 saturated carbocycles. The highest BCUT2D eigenvalue weighted by Crippen LogP contribution is 2.15. The number of carbonyl (C=O) groups is 3. The molecule has 1 aliphatic heterocycles. The van der Waals surface area contributed by atoms with Crippen molar-refractivity contribution < 1.29 is 18.8 Å². The number of halogens is 1. The first-order valence-electron chi connectivity index (χ1n) is 8.56. The van der Waals surface area contributed by atoms with Crippen molar-refractivity contribution in [1.29, 1.82) is 0 Å². The first kappa shape index (κ1) is 19.0. The lowest BCUT2D eigenvalue weighted by atomic mass is 10.1. The van der Waals surface area contributed by atoms with E-state index in [0.717, 1.165) is 16.0 Å². The Morgan fingerprint density at radius 2 is 1.79 bits per heavy atom. The van der Waals surface area contributed by atoms with E-state index in [-0.39, 0.29) is 5.70 Å². The molecule has 0 bridgehead atoms. The molecule has 7 heteroatoms. The van der Waals surface area contributed by atoms with Gasteiger partial charge in [-0.25, -0.2) is 14.1 Å². The lowest BCUT2D eigenvalue weighted by Crippen LogP contribution is -2.38. The molecular weight excluding hydrogens is 361 g/mol. The molecule has 0 unspecified atom stereocenters. The normalized spacial score (nSPS) is 15.7. The van der Waals surface area contributed by atoms with Crippen LogP contribution in [0.4, 0.5) is 14.9 Å². The van der Waals surface area contributed by atoms with Gasteiger partial charge in [0.1, 0.15) is 18.1 Å². The molecule has 2 aromatic carbocycles. The molecule has 0 aliphatic carbocycles. The minimum absolute atomic E-state index is 0.101. The molecule has 142 valence electrons. The maximum atomic E-state index is 12.9. The number of benzene rings is 2. The topological polar surface area (TPSA) is 78.5 Å². The van der Waals surface area contributed by atoms with Gasteiger partial charge in [-0.05, 0) is 48.4 Å². The van der Waals surface area contributed by atoms with Crippen molar-refractivity contribution in [3.8, 4) is 0 Å². The molecular formula is C21H18FN3O3. The number of nitrogens with one attached hydrogen (secondary N) is 2. The Kier molecular flexibility index (Phi) is 5.64. The second-order valence-electron chi connectivity index (χ2n) is 6.23. The molecule has 1 saturated heterocycles. The van der Waals surface area contributed by atoms with Crippen LogP contribution < -0.4 is 10.6 Å². The standard InChI is InChI=1S/C21H18FN3O3/c1-14(11-15-5-3-2-4-6-15)12-18-20(27)25(21(28)24-18)13-19(26)23-17-9-7-16(22)8-10-17/h2-12H,13H2,1H3,(H,23,26)(H,24,28)/b14-11+,18-12-. The van der Waals surface area contributed by atoms with E-state index in [9.17, 15) is 18.8 Å². The number of urea groups is 1. The molecule has 4 amide bonds. The summed E-state index contributed by atoms with van der Waals surface area (Å²) in [5.74, 6) is -1.58. The van der Waals surface area contributed by atoms with Crippen LogP contribution in [0, 0.1) is 5.82 Å². The second kappa shape index (κ2) is 8.30. The van der Waals surface area contributed by atoms with Crippen LogP contribution in [0.25, 0.3) is 6.08 Å². The highest BCUT2D eigenvalue weighted by atomic mass is 19.1. The monoisotopic (exact) mass is 379 g/mol. The molecule has 28 heavy (non-hydrogen) atoms. The van der Waals surface area contributed by atoms with E-state index < -0.39 is 30.2 Å². The van der Waals surface area contributed by atoms with Crippen molar-refractivity contribution in [2.75, 3.05) is 11.9 Å². The van der Waals surface area contributed by atoms with Crippen LogP contribution in [0.3, 0.4) is 0 Å². The average molecular weight is 379 g/mol. The molecule has 0 atom stereocenters. The van der Waals surface area contributed by atoms with Crippen molar-refractivity contribution in [3.05, 3.63) is 83.3 Å². The summed E-state index contributed by atoms with van der Waals surface area (Å²) in [6, 6.07) is 14.1. The van der Waals surface area contributed by atoms with Gasteiger partial charge in [0.05, 0.1) is 0 Å². The Labute approximate surface area is 161 Å². The van der Waals surface area contributed by atoms with Crippen molar-refractivity contribution in [1.82, 2.24) is 10.2 Å². The lowest BCUT2D eigenvalue weighted by molar-refractivity contribution is -0.127. The molecule has 0 spiro atoms.